The molecule has 0 saturated carbocycles. The number of amides is 1. The van der Waals surface area contributed by atoms with Crippen LogP contribution in [0, 0.1) is 5.92 Å². The normalized spacial score (nSPS) is 19.7. The van der Waals surface area contributed by atoms with Gasteiger partial charge in [0.25, 0.3) is 0 Å². The minimum Gasteiger partial charge on any atom is -0.347 e. The molecule has 4 nitrogen and oxygen atoms in total. The average molecular weight is 388 g/mol. The molecule has 146 valence electrons. The van der Waals surface area contributed by atoms with Crippen molar-refractivity contribution >= 4 is 28.4 Å². The maximum absolute atomic E-state index is 12.8. The number of aryl methyl sites for hydroxylation is 1. The summed E-state index contributed by atoms with van der Waals surface area (Å²) in [6.45, 7) is 8.02. The molecule has 0 unspecified atom stereocenters. The Morgan fingerprint density at radius 3 is 2.56 bits per heavy atom. The fourth-order valence-electron chi connectivity index (χ4n) is 4.68. The zero-order chi connectivity index (χ0) is 18.8. The second kappa shape index (κ2) is 8.24. The number of piperidine rings is 2. The van der Waals surface area contributed by atoms with E-state index in [1.54, 1.807) is 0 Å². The van der Waals surface area contributed by atoms with Crippen molar-refractivity contribution in [1.82, 2.24) is 14.4 Å². The second-order valence-corrected chi connectivity index (χ2v) is 8.47. The molecule has 2 aliphatic rings. The number of carbonyl (C=O) groups is 1. The van der Waals surface area contributed by atoms with E-state index in [-0.39, 0.29) is 5.92 Å². The lowest BCUT2D eigenvalue weighted by atomic mass is 9.94. The number of halogens is 1. The Kier molecular flexibility index (Phi) is 5.74. The van der Waals surface area contributed by atoms with Crippen molar-refractivity contribution in [1.29, 1.82) is 0 Å². The highest BCUT2D eigenvalue weighted by Gasteiger charge is 2.29. The summed E-state index contributed by atoms with van der Waals surface area (Å²) in [5, 5.41) is 2.05. The van der Waals surface area contributed by atoms with Gasteiger partial charge in [0.05, 0.1) is 0 Å². The Hall–Kier alpha value is -1.52. The van der Waals surface area contributed by atoms with Crippen molar-refractivity contribution < 1.29 is 4.79 Å². The molecule has 1 aromatic heterocycles. The third kappa shape index (κ3) is 4.02. The van der Waals surface area contributed by atoms with Gasteiger partial charge in [0.2, 0.25) is 5.91 Å². The quantitative estimate of drug-likeness (QED) is 0.770. The number of benzene rings is 1. The third-order valence-electron chi connectivity index (χ3n) is 6.26. The lowest BCUT2D eigenvalue weighted by molar-refractivity contribution is -0.138. The summed E-state index contributed by atoms with van der Waals surface area (Å²) in [5.74, 6) is 0.634. The number of hydrogen-bond donors (Lipinski definition) is 0. The van der Waals surface area contributed by atoms with E-state index in [2.05, 4.69) is 39.6 Å². The first kappa shape index (κ1) is 18.8. The summed E-state index contributed by atoms with van der Waals surface area (Å²) in [4.78, 5) is 17.4. The standard InChI is InChI=1S/C22H30ClN3O/c1-2-25-16-18(20-14-19(23)6-7-21(20)25)15-24-12-8-17(9-13-24)22(27)26-10-4-3-5-11-26/h6-7,14,16-17H,2-5,8-13,15H2,1H3. The highest BCUT2D eigenvalue weighted by atomic mass is 35.5. The number of nitrogens with zero attached hydrogens (tertiary/aromatic N) is 3. The molecule has 0 aliphatic carbocycles. The van der Waals surface area contributed by atoms with Gasteiger partial charge in [0, 0.05) is 54.2 Å². The number of carbonyl (C=O) groups excluding carboxylic acids is 1. The Morgan fingerprint density at radius 2 is 1.85 bits per heavy atom. The van der Waals surface area contributed by atoms with Gasteiger partial charge in [-0.1, -0.05) is 11.6 Å². The van der Waals surface area contributed by atoms with Gasteiger partial charge in [0.15, 0.2) is 0 Å². The number of fused-ring (bicyclic) bond motifs is 1. The van der Waals surface area contributed by atoms with E-state index in [4.69, 9.17) is 11.6 Å². The topological polar surface area (TPSA) is 28.5 Å². The molecule has 2 fully saturated rings. The summed E-state index contributed by atoms with van der Waals surface area (Å²) in [7, 11) is 0. The van der Waals surface area contributed by atoms with E-state index in [0.29, 0.717) is 5.91 Å². The van der Waals surface area contributed by atoms with Crippen molar-refractivity contribution in [3.05, 3.63) is 35.0 Å². The molecule has 0 bridgehead atoms. The number of likely N-dealkylation sites (tertiary alicyclic amines) is 2. The van der Waals surface area contributed by atoms with Crippen LogP contribution in [0.1, 0.15) is 44.6 Å². The minimum atomic E-state index is 0.228. The lowest BCUT2D eigenvalue weighted by Crippen LogP contribution is -2.44. The van der Waals surface area contributed by atoms with Gasteiger partial charge < -0.3 is 9.47 Å². The third-order valence-corrected chi connectivity index (χ3v) is 6.50. The molecule has 5 heteroatoms. The summed E-state index contributed by atoms with van der Waals surface area (Å²) in [6.07, 6.45) is 7.87. The van der Waals surface area contributed by atoms with Gasteiger partial charge in [0.1, 0.15) is 0 Å². The van der Waals surface area contributed by atoms with Crippen LogP contribution in [0.15, 0.2) is 24.4 Å². The Balaban J connectivity index is 1.40. The van der Waals surface area contributed by atoms with E-state index in [1.165, 1.54) is 35.7 Å². The first-order valence-electron chi connectivity index (χ1n) is 10.4. The minimum absolute atomic E-state index is 0.228. The van der Waals surface area contributed by atoms with Gasteiger partial charge in [-0.3, -0.25) is 9.69 Å². The SMILES string of the molecule is CCn1cc(CN2CCC(C(=O)N3CCCCC3)CC2)c2cc(Cl)ccc21. The molecule has 0 radical (unpaired) electrons. The molecule has 2 aromatic rings. The number of rotatable bonds is 4. The highest BCUT2D eigenvalue weighted by molar-refractivity contribution is 6.31. The van der Waals surface area contributed by atoms with Crippen LogP contribution in [0.25, 0.3) is 10.9 Å². The monoisotopic (exact) mass is 387 g/mol. The largest absolute Gasteiger partial charge is 0.347 e. The zero-order valence-electron chi connectivity index (χ0n) is 16.3. The van der Waals surface area contributed by atoms with Crippen LogP contribution in [-0.2, 0) is 17.9 Å². The Labute approximate surface area is 167 Å². The van der Waals surface area contributed by atoms with E-state index >= 15 is 0 Å². The van der Waals surface area contributed by atoms with Crippen LogP contribution < -0.4 is 0 Å². The first-order valence-corrected chi connectivity index (χ1v) is 10.8. The lowest BCUT2D eigenvalue weighted by Gasteiger charge is -2.35. The Bertz CT molecular complexity index is 801. The molecular weight excluding hydrogens is 358 g/mol. The average Bonchev–Trinajstić information content (AvgIpc) is 3.05. The van der Waals surface area contributed by atoms with Crippen molar-refractivity contribution in [3.8, 4) is 0 Å². The molecule has 1 aromatic carbocycles. The molecule has 2 aliphatic heterocycles. The molecule has 0 spiro atoms. The van der Waals surface area contributed by atoms with Crippen LogP contribution in [0.2, 0.25) is 5.02 Å². The van der Waals surface area contributed by atoms with Crippen LogP contribution in [-0.4, -0.2) is 46.5 Å². The predicted octanol–water partition coefficient (Wildman–Crippen LogP) is 4.54. The summed E-state index contributed by atoms with van der Waals surface area (Å²) in [6, 6.07) is 6.18. The molecule has 0 atom stereocenters. The van der Waals surface area contributed by atoms with Gasteiger partial charge in [-0.15, -0.1) is 0 Å². The van der Waals surface area contributed by atoms with Crippen molar-refractivity contribution in [2.75, 3.05) is 26.2 Å². The van der Waals surface area contributed by atoms with E-state index in [0.717, 1.165) is 57.1 Å². The molecule has 27 heavy (non-hydrogen) atoms. The van der Waals surface area contributed by atoms with E-state index < -0.39 is 0 Å². The molecule has 2 saturated heterocycles. The van der Waals surface area contributed by atoms with Gasteiger partial charge in [-0.25, -0.2) is 0 Å². The summed E-state index contributed by atoms with van der Waals surface area (Å²) in [5.41, 5.74) is 2.60. The van der Waals surface area contributed by atoms with E-state index in [1.807, 2.05) is 6.07 Å². The molecule has 0 N–H and O–H groups in total. The fraction of sp³-hybridized carbons (Fsp3) is 0.591. The van der Waals surface area contributed by atoms with Crippen molar-refractivity contribution in [2.24, 2.45) is 5.92 Å². The Morgan fingerprint density at radius 1 is 1.11 bits per heavy atom. The van der Waals surface area contributed by atoms with E-state index in [9.17, 15) is 4.79 Å². The molecule has 1 amide bonds. The predicted molar refractivity (Wildman–Crippen MR) is 111 cm³/mol. The number of aromatic nitrogens is 1. The first-order chi connectivity index (χ1) is 13.2. The van der Waals surface area contributed by atoms with Crippen LogP contribution in [0.3, 0.4) is 0 Å². The van der Waals surface area contributed by atoms with Crippen LogP contribution >= 0.6 is 11.6 Å². The summed E-state index contributed by atoms with van der Waals surface area (Å²) >= 11 is 6.25. The summed E-state index contributed by atoms with van der Waals surface area (Å²) < 4.78 is 2.30. The number of hydrogen-bond acceptors (Lipinski definition) is 2. The molecule has 3 heterocycles. The van der Waals surface area contributed by atoms with Crippen LogP contribution in [0.5, 0.6) is 0 Å². The maximum Gasteiger partial charge on any atom is 0.225 e. The maximum atomic E-state index is 12.8. The smallest absolute Gasteiger partial charge is 0.225 e. The van der Waals surface area contributed by atoms with Gasteiger partial charge in [-0.2, -0.15) is 0 Å². The molecule has 4 rings (SSSR count). The fourth-order valence-corrected chi connectivity index (χ4v) is 4.85. The molecular formula is C22H30ClN3O. The zero-order valence-corrected chi connectivity index (χ0v) is 17.0. The van der Waals surface area contributed by atoms with Crippen molar-refractivity contribution in [2.45, 2.75) is 52.1 Å². The highest BCUT2D eigenvalue weighted by Crippen LogP contribution is 2.28. The van der Waals surface area contributed by atoms with Gasteiger partial charge in [-0.05, 0) is 75.9 Å². The van der Waals surface area contributed by atoms with Gasteiger partial charge >= 0.3 is 0 Å². The van der Waals surface area contributed by atoms with Crippen molar-refractivity contribution in [3.63, 3.8) is 0 Å². The van der Waals surface area contributed by atoms with Crippen LogP contribution in [0.4, 0.5) is 0 Å². The second-order valence-electron chi connectivity index (χ2n) is 8.04.